The number of anilines is 1. The molecule has 1 aromatic heterocycles. The van der Waals surface area contributed by atoms with E-state index in [-0.39, 0.29) is 12.6 Å². The summed E-state index contributed by atoms with van der Waals surface area (Å²) >= 11 is 0. The summed E-state index contributed by atoms with van der Waals surface area (Å²) in [5.74, 6) is -1.04. The Balaban J connectivity index is 2.42. The van der Waals surface area contributed by atoms with E-state index in [1.165, 1.54) is 0 Å². The highest BCUT2D eigenvalue weighted by molar-refractivity contribution is 5.88. The van der Waals surface area contributed by atoms with Crippen LogP contribution in [0, 0.1) is 0 Å². The quantitative estimate of drug-likeness (QED) is 0.593. The van der Waals surface area contributed by atoms with Gasteiger partial charge in [0, 0.05) is 18.3 Å². The molecule has 1 atom stereocenters. The molecule has 4 N–H and O–H groups in total. The molecule has 2 amide bonds. The Morgan fingerprint density at radius 3 is 2.67 bits per heavy atom. The molecule has 0 saturated carbocycles. The number of rotatable bonds is 5. The number of carboxylic acid groups (broad SMARTS) is 1. The fourth-order valence-corrected chi connectivity index (χ4v) is 1.13. The van der Waals surface area contributed by atoms with Gasteiger partial charge in [-0.3, -0.25) is 10.00 Å². The molecule has 1 heterocycles. The second kappa shape index (κ2) is 6.01. The van der Waals surface area contributed by atoms with Gasteiger partial charge in [-0.15, -0.1) is 0 Å². The zero-order chi connectivity index (χ0) is 13.7. The van der Waals surface area contributed by atoms with Crippen LogP contribution >= 0.6 is 0 Å². The minimum atomic E-state index is -1.62. The Kier molecular flexibility index (Phi) is 4.67. The lowest BCUT2D eigenvalue weighted by atomic mass is 10.4. The van der Waals surface area contributed by atoms with Crippen LogP contribution in [-0.2, 0) is 4.79 Å². The Labute approximate surface area is 104 Å². The first-order valence-electron chi connectivity index (χ1n) is 5.41. The summed E-state index contributed by atoms with van der Waals surface area (Å²) in [6.07, 6.45) is 0.0933. The van der Waals surface area contributed by atoms with Gasteiger partial charge in [0.25, 0.3) is 0 Å². The van der Waals surface area contributed by atoms with Gasteiger partial charge in [-0.1, -0.05) is 0 Å². The molecule has 0 bridgehead atoms. The third-order valence-corrected chi connectivity index (χ3v) is 2.12. The molecule has 0 spiro atoms. The van der Waals surface area contributed by atoms with E-state index >= 15 is 0 Å². The predicted molar refractivity (Wildman–Crippen MR) is 63.3 cm³/mol. The van der Waals surface area contributed by atoms with Gasteiger partial charge in [0.05, 0.1) is 6.54 Å². The van der Waals surface area contributed by atoms with Crippen LogP contribution in [0.2, 0.25) is 0 Å². The van der Waals surface area contributed by atoms with E-state index in [2.05, 4.69) is 15.7 Å². The molecule has 1 rings (SSSR count). The number of aromatic nitrogens is 2. The molecule has 0 fully saturated rings. The van der Waals surface area contributed by atoms with Crippen LogP contribution in [0.1, 0.15) is 19.9 Å². The van der Waals surface area contributed by atoms with E-state index in [0.29, 0.717) is 5.82 Å². The Hall–Kier alpha value is -2.09. The molecule has 1 aromatic rings. The van der Waals surface area contributed by atoms with Crippen LogP contribution in [-0.4, -0.2) is 44.6 Å². The SMILES string of the molecule is CC(C)n1ccc(NC(=O)NCC(O)C(=O)O)n1. The average molecular weight is 256 g/mol. The van der Waals surface area contributed by atoms with Crippen molar-refractivity contribution in [1.29, 1.82) is 0 Å². The van der Waals surface area contributed by atoms with Crippen molar-refractivity contribution in [3.05, 3.63) is 12.3 Å². The van der Waals surface area contributed by atoms with E-state index in [0.717, 1.165) is 0 Å². The summed E-state index contributed by atoms with van der Waals surface area (Å²) < 4.78 is 1.67. The van der Waals surface area contributed by atoms with Crippen LogP contribution in [0.5, 0.6) is 0 Å². The number of carbonyl (C=O) groups is 2. The fraction of sp³-hybridized carbons (Fsp3) is 0.500. The highest BCUT2D eigenvalue weighted by atomic mass is 16.4. The minimum Gasteiger partial charge on any atom is -0.479 e. The molecule has 0 aliphatic heterocycles. The van der Waals surface area contributed by atoms with Gasteiger partial charge in [-0.2, -0.15) is 5.10 Å². The molecular weight excluding hydrogens is 240 g/mol. The van der Waals surface area contributed by atoms with E-state index in [4.69, 9.17) is 10.2 Å². The fourth-order valence-electron chi connectivity index (χ4n) is 1.13. The van der Waals surface area contributed by atoms with Crippen molar-refractivity contribution in [2.75, 3.05) is 11.9 Å². The number of urea groups is 1. The molecule has 8 nitrogen and oxygen atoms in total. The smallest absolute Gasteiger partial charge is 0.334 e. The van der Waals surface area contributed by atoms with E-state index in [9.17, 15) is 9.59 Å². The van der Waals surface area contributed by atoms with Gasteiger partial charge >= 0.3 is 12.0 Å². The van der Waals surface area contributed by atoms with Gasteiger partial charge in [0.1, 0.15) is 0 Å². The van der Waals surface area contributed by atoms with Crippen molar-refractivity contribution in [3.63, 3.8) is 0 Å². The van der Waals surface area contributed by atoms with Crippen molar-refractivity contribution >= 4 is 17.8 Å². The molecular formula is C10H16N4O4. The van der Waals surface area contributed by atoms with Crippen molar-refractivity contribution in [2.24, 2.45) is 0 Å². The summed E-state index contributed by atoms with van der Waals surface area (Å²) in [4.78, 5) is 21.7. The Morgan fingerprint density at radius 1 is 1.50 bits per heavy atom. The number of nitrogens with one attached hydrogen (secondary N) is 2. The number of hydrogen-bond donors (Lipinski definition) is 4. The van der Waals surface area contributed by atoms with Crippen molar-refractivity contribution in [3.8, 4) is 0 Å². The summed E-state index contributed by atoms with van der Waals surface area (Å²) in [5, 5.41) is 26.1. The predicted octanol–water partition coefficient (Wildman–Crippen LogP) is 0.0310. The van der Waals surface area contributed by atoms with Crippen molar-refractivity contribution in [1.82, 2.24) is 15.1 Å². The number of amides is 2. The van der Waals surface area contributed by atoms with Crippen molar-refractivity contribution in [2.45, 2.75) is 26.0 Å². The van der Waals surface area contributed by atoms with Crippen LogP contribution in [0.4, 0.5) is 10.6 Å². The lowest BCUT2D eigenvalue weighted by molar-refractivity contribution is -0.146. The molecule has 0 aliphatic carbocycles. The molecule has 0 aliphatic rings. The molecule has 0 radical (unpaired) electrons. The zero-order valence-corrected chi connectivity index (χ0v) is 10.1. The first-order valence-corrected chi connectivity index (χ1v) is 5.41. The van der Waals surface area contributed by atoms with Crippen LogP contribution in [0.25, 0.3) is 0 Å². The van der Waals surface area contributed by atoms with Crippen LogP contribution in [0.15, 0.2) is 12.3 Å². The van der Waals surface area contributed by atoms with Crippen molar-refractivity contribution < 1.29 is 19.8 Å². The summed E-state index contributed by atoms with van der Waals surface area (Å²) in [6, 6.07) is 1.18. The number of carboxylic acids is 1. The van der Waals surface area contributed by atoms with Gasteiger partial charge < -0.3 is 15.5 Å². The number of carbonyl (C=O) groups excluding carboxylic acids is 1. The van der Waals surface area contributed by atoms with Crippen LogP contribution < -0.4 is 10.6 Å². The molecule has 100 valence electrons. The number of aliphatic carboxylic acids is 1. The normalized spacial score (nSPS) is 12.2. The van der Waals surface area contributed by atoms with Gasteiger partial charge in [0.2, 0.25) is 0 Å². The lowest BCUT2D eigenvalue weighted by Gasteiger charge is -2.08. The van der Waals surface area contributed by atoms with E-state index in [1.807, 2.05) is 13.8 Å². The van der Waals surface area contributed by atoms with Crippen LogP contribution in [0.3, 0.4) is 0 Å². The largest absolute Gasteiger partial charge is 0.479 e. The van der Waals surface area contributed by atoms with Gasteiger partial charge in [0.15, 0.2) is 11.9 Å². The monoisotopic (exact) mass is 256 g/mol. The third-order valence-electron chi connectivity index (χ3n) is 2.12. The molecule has 18 heavy (non-hydrogen) atoms. The molecule has 8 heteroatoms. The summed E-state index contributed by atoms with van der Waals surface area (Å²) in [5.41, 5.74) is 0. The number of nitrogens with zero attached hydrogens (tertiary/aromatic N) is 2. The standard InChI is InChI=1S/C10H16N4O4/c1-6(2)14-4-3-8(13-14)12-10(18)11-5-7(15)9(16)17/h3-4,6-7,15H,5H2,1-2H3,(H,16,17)(H2,11,12,13,18). The lowest BCUT2D eigenvalue weighted by Crippen LogP contribution is -2.38. The summed E-state index contributed by atoms with van der Waals surface area (Å²) in [7, 11) is 0. The number of aliphatic hydroxyl groups is 1. The molecule has 0 aromatic carbocycles. The topological polar surface area (TPSA) is 116 Å². The zero-order valence-electron chi connectivity index (χ0n) is 10.1. The maximum atomic E-state index is 11.3. The Morgan fingerprint density at radius 2 is 2.17 bits per heavy atom. The highest BCUT2D eigenvalue weighted by Crippen LogP contribution is 2.07. The maximum absolute atomic E-state index is 11.3. The third kappa shape index (κ3) is 4.06. The first-order chi connectivity index (χ1) is 8.40. The van der Waals surface area contributed by atoms with Gasteiger partial charge in [-0.05, 0) is 13.8 Å². The first kappa shape index (κ1) is 14.0. The highest BCUT2D eigenvalue weighted by Gasteiger charge is 2.14. The number of hydrogen-bond acceptors (Lipinski definition) is 4. The number of aliphatic hydroxyl groups excluding tert-OH is 1. The minimum absolute atomic E-state index is 0.178. The van der Waals surface area contributed by atoms with Gasteiger partial charge in [-0.25, -0.2) is 9.59 Å². The molecule has 1 unspecified atom stereocenters. The maximum Gasteiger partial charge on any atom is 0.334 e. The van der Waals surface area contributed by atoms with E-state index < -0.39 is 18.1 Å². The Bertz CT molecular complexity index is 429. The second-order valence-corrected chi connectivity index (χ2v) is 3.96. The average Bonchev–Trinajstić information content (AvgIpc) is 2.74. The van der Waals surface area contributed by atoms with E-state index in [1.54, 1.807) is 16.9 Å². The summed E-state index contributed by atoms with van der Waals surface area (Å²) in [6.45, 7) is 3.52. The second-order valence-electron chi connectivity index (χ2n) is 3.96. The molecule has 0 saturated heterocycles.